The molecular weight excluding hydrogens is 296 g/mol. The van der Waals surface area contributed by atoms with Gasteiger partial charge in [0.15, 0.2) is 0 Å². The van der Waals surface area contributed by atoms with E-state index in [2.05, 4.69) is 33.9 Å². The van der Waals surface area contributed by atoms with Crippen molar-refractivity contribution in [1.29, 1.82) is 0 Å². The van der Waals surface area contributed by atoms with E-state index in [1.165, 1.54) is 26.8 Å². The first-order valence-corrected chi connectivity index (χ1v) is 8.80. The number of hydrogen-bond acceptors (Lipinski definition) is 5. The number of aryl methyl sites for hydroxylation is 2. The summed E-state index contributed by atoms with van der Waals surface area (Å²) in [5.41, 5.74) is 3.63. The Kier molecular flexibility index (Phi) is 3.55. The largest absolute Gasteiger partial charge is 0.368 e. The first kappa shape index (κ1) is 14.4. The molecule has 22 heavy (non-hydrogen) atoms. The predicted molar refractivity (Wildman–Crippen MR) is 86.0 cm³/mol. The van der Waals surface area contributed by atoms with Gasteiger partial charge in [-0.2, -0.15) is 5.10 Å². The molecule has 1 N–H and O–H groups in total. The highest BCUT2D eigenvalue weighted by molar-refractivity contribution is 7.11. The third-order valence-corrected chi connectivity index (χ3v) is 6.01. The van der Waals surface area contributed by atoms with Crippen LogP contribution >= 0.6 is 11.3 Å². The van der Waals surface area contributed by atoms with Crippen LogP contribution < -0.4 is 0 Å². The zero-order chi connectivity index (χ0) is 15.2. The highest BCUT2D eigenvalue weighted by Crippen LogP contribution is 2.40. The summed E-state index contributed by atoms with van der Waals surface area (Å²) in [7, 11) is 0. The van der Waals surface area contributed by atoms with Crippen LogP contribution in [-0.2, 0) is 23.3 Å². The number of aromatic amines is 1. The molecule has 4 rings (SSSR count). The van der Waals surface area contributed by atoms with Gasteiger partial charge in [0.1, 0.15) is 5.60 Å². The van der Waals surface area contributed by atoms with Crippen molar-refractivity contribution in [1.82, 2.24) is 20.1 Å². The molecule has 0 bridgehead atoms. The molecule has 1 spiro atoms. The number of nitrogens with zero attached hydrogens (tertiary/aromatic N) is 3. The molecule has 4 heterocycles. The molecule has 2 aliphatic rings. The number of nitrogens with one attached hydrogen (secondary N) is 1. The fourth-order valence-corrected chi connectivity index (χ4v) is 4.69. The highest BCUT2D eigenvalue weighted by Gasteiger charge is 2.42. The molecule has 0 aromatic carbocycles. The van der Waals surface area contributed by atoms with Gasteiger partial charge in [-0.05, 0) is 38.7 Å². The SMILES string of the molecule is Cc1nc(C)c(CN2CCC3(CC2)OCCc2cn[nH]c23)s1. The molecule has 6 heteroatoms. The van der Waals surface area contributed by atoms with Crippen LogP contribution in [0.5, 0.6) is 0 Å². The topological polar surface area (TPSA) is 54.0 Å². The van der Waals surface area contributed by atoms with Crippen LogP contribution in [0.25, 0.3) is 0 Å². The van der Waals surface area contributed by atoms with E-state index in [1.54, 1.807) is 0 Å². The van der Waals surface area contributed by atoms with Crippen molar-refractivity contribution in [2.45, 2.75) is 45.3 Å². The summed E-state index contributed by atoms with van der Waals surface area (Å²) < 4.78 is 6.21. The van der Waals surface area contributed by atoms with Crippen molar-refractivity contribution in [3.05, 3.63) is 33.0 Å². The molecule has 0 amide bonds. The Hall–Kier alpha value is -1.24. The number of piperidine rings is 1. The van der Waals surface area contributed by atoms with Crippen molar-refractivity contribution in [3.63, 3.8) is 0 Å². The number of thiazole rings is 1. The minimum Gasteiger partial charge on any atom is -0.368 e. The molecule has 0 saturated carbocycles. The molecular formula is C16H22N4OS. The molecule has 5 nitrogen and oxygen atoms in total. The van der Waals surface area contributed by atoms with Crippen LogP contribution in [0, 0.1) is 13.8 Å². The number of likely N-dealkylation sites (tertiary alicyclic amines) is 1. The zero-order valence-corrected chi connectivity index (χ0v) is 14.0. The van der Waals surface area contributed by atoms with Crippen molar-refractivity contribution in [3.8, 4) is 0 Å². The molecule has 0 atom stereocenters. The minimum atomic E-state index is -0.126. The number of H-pyrrole nitrogens is 1. The van der Waals surface area contributed by atoms with Crippen molar-refractivity contribution in [2.75, 3.05) is 19.7 Å². The second-order valence-electron chi connectivity index (χ2n) is 6.38. The van der Waals surface area contributed by atoms with E-state index >= 15 is 0 Å². The standard InChI is InChI=1S/C16H22N4OS/c1-11-14(22-12(2)18-11)10-20-6-4-16(5-7-20)15-13(3-8-21-16)9-17-19-15/h9H,3-8,10H2,1-2H3,(H,17,19). The lowest BCUT2D eigenvalue weighted by Gasteiger charge is -2.43. The zero-order valence-electron chi connectivity index (χ0n) is 13.2. The Morgan fingerprint density at radius 1 is 1.36 bits per heavy atom. The predicted octanol–water partition coefficient (Wildman–Crippen LogP) is 2.55. The molecule has 0 radical (unpaired) electrons. The Morgan fingerprint density at radius 2 is 2.18 bits per heavy atom. The lowest BCUT2D eigenvalue weighted by Crippen LogP contribution is -2.46. The Morgan fingerprint density at radius 3 is 2.91 bits per heavy atom. The van der Waals surface area contributed by atoms with Crippen LogP contribution in [0.2, 0.25) is 0 Å². The Bertz CT molecular complexity index is 669. The first-order valence-electron chi connectivity index (χ1n) is 7.98. The maximum atomic E-state index is 6.21. The fraction of sp³-hybridized carbons (Fsp3) is 0.625. The second-order valence-corrected chi connectivity index (χ2v) is 7.67. The first-order chi connectivity index (χ1) is 10.7. The summed E-state index contributed by atoms with van der Waals surface area (Å²) in [4.78, 5) is 8.47. The van der Waals surface area contributed by atoms with E-state index in [9.17, 15) is 0 Å². The maximum absolute atomic E-state index is 6.21. The molecule has 0 unspecified atom stereocenters. The second kappa shape index (κ2) is 5.44. The van der Waals surface area contributed by atoms with E-state index in [4.69, 9.17) is 4.74 Å². The van der Waals surface area contributed by atoms with Gasteiger partial charge in [0.05, 0.1) is 29.2 Å². The van der Waals surface area contributed by atoms with E-state index in [1.807, 2.05) is 17.5 Å². The Labute approximate surface area is 134 Å². The van der Waals surface area contributed by atoms with E-state index in [-0.39, 0.29) is 5.60 Å². The van der Waals surface area contributed by atoms with Gasteiger partial charge >= 0.3 is 0 Å². The minimum absolute atomic E-state index is 0.126. The van der Waals surface area contributed by atoms with Gasteiger partial charge < -0.3 is 4.74 Å². The van der Waals surface area contributed by atoms with E-state index < -0.39 is 0 Å². The molecule has 0 aliphatic carbocycles. The summed E-state index contributed by atoms with van der Waals surface area (Å²) >= 11 is 1.82. The number of rotatable bonds is 2. The smallest absolute Gasteiger partial charge is 0.112 e. The average Bonchev–Trinajstić information content (AvgIpc) is 3.10. The molecule has 1 fully saturated rings. The Balaban J connectivity index is 1.46. The van der Waals surface area contributed by atoms with Crippen LogP contribution in [0.3, 0.4) is 0 Å². The third-order valence-electron chi connectivity index (χ3n) is 4.95. The number of hydrogen-bond donors (Lipinski definition) is 1. The monoisotopic (exact) mass is 318 g/mol. The van der Waals surface area contributed by atoms with Gasteiger partial charge in [0.2, 0.25) is 0 Å². The molecule has 2 aromatic heterocycles. The quantitative estimate of drug-likeness (QED) is 0.924. The lowest BCUT2D eigenvalue weighted by atomic mass is 9.84. The average molecular weight is 318 g/mol. The summed E-state index contributed by atoms with van der Waals surface area (Å²) in [5.74, 6) is 0. The number of ether oxygens (including phenoxy) is 1. The molecule has 1 saturated heterocycles. The van der Waals surface area contributed by atoms with Crippen LogP contribution in [0.15, 0.2) is 6.20 Å². The number of aromatic nitrogens is 3. The number of fused-ring (bicyclic) bond motifs is 2. The molecule has 2 aromatic rings. The van der Waals surface area contributed by atoms with Gasteiger partial charge in [0.25, 0.3) is 0 Å². The van der Waals surface area contributed by atoms with Crippen LogP contribution in [0.4, 0.5) is 0 Å². The molecule has 118 valence electrons. The van der Waals surface area contributed by atoms with Crippen molar-refractivity contribution >= 4 is 11.3 Å². The van der Waals surface area contributed by atoms with Crippen LogP contribution in [-0.4, -0.2) is 39.8 Å². The maximum Gasteiger partial charge on any atom is 0.112 e. The lowest BCUT2D eigenvalue weighted by molar-refractivity contribution is -0.101. The van der Waals surface area contributed by atoms with E-state index in [0.29, 0.717) is 0 Å². The van der Waals surface area contributed by atoms with Crippen LogP contribution in [0.1, 0.15) is 39.7 Å². The fourth-order valence-electron chi connectivity index (χ4n) is 3.71. The van der Waals surface area contributed by atoms with Gasteiger partial charge in [-0.3, -0.25) is 10.00 Å². The summed E-state index contributed by atoms with van der Waals surface area (Å²) in [5, 5.41) is 8.59. The normalized spacial score (nSPS) is 21.2. The van der Waals surface area contributed by atoms with E-state index in [0.717, 1.165) is 45.5 Å². The highest BCUT2D eigenvalue weighted by atomic mass is 32.1. The van der Waals surface area contributed by atoms with Gasteiger partial charge in [-0.15, -0.1) is 11.3 Å². The summed E-state index contributed by atoms with van der Waals surface area (Å²) in [6.45, 7) is 8.17. The van der Waals surface area contributed by atoms with Crippen molar-refractivity contribution < 1.29 is 4.74 Å². The van der Waals surface area contributed by atoms with Crippen molar-refractivity contribution in [2.24, 2.45) is 0 Å². The van der Waals surface area contributed by atoms with Gasteiger partial charge in [-0.1, -0.05) is 0 Å². The third kappa shape index (κ3) is 2.39. The van der Waals surface area contributed by atoms with Gasteiger partial charge in [0, 0.05) is 24.5 Å². The summed E-state index contributed by atoms with van der Waals surface area (Å²) in [6, 6.07) is 0. The van der Waals surface area contributed by atoms with Gasteiger partial charge in [-0.25, -0.2) is 4.98 Å². The summed E-state index contributed by atoms with van der Waals surface area (Å²) in [6.07, 6.45) is 5.03. The molecule has 2 aliphatic heterocycles.